The molecule has 1 amide bonds. The number of aromatic amines is 1. The molecule has 1 aromatic carbocycles. The fraction of sp³-hybridized carbons (Fsp3) is 0.417. The van der Waals surface area contributed by atoms with Gasteiger partial charge in [-0.1, -0.05) is 57.2 Å². The van der Waals surface area contributed by atoms with Gasteiger partial charge >= 0.3 is 0 Å². The molecule has 2 aromatic rings. The summed E-state index contributed by atoms with van der Waals surface area (Å²) in [6.07, 6.45) is 3.66. The summed E-state index contributed by atoms with van der Waals surface area (Å²) in [5.74, 6) is 0.224. The van der Waals surface area contributed by atoms with Crippen LogP contribution >= 0.6 is 0 Å². The third-order valence-corrected chi connectivity index (χ3v) is 5.60. The van der Waals surface area contributed by atoms with Crippen LogP contribution in [0.4, 0.5) is 0 Å². The number of aryl methyl sites for hydroxylation is 1. The molecule has 2 heterocycles. The summed E-state index contributed by atoms with van der Waals surface area (Å²) in [4.78, 5) is 29.2. The first-order valence-corrected chi connectivity index (χ1v) is 9.93. The summed E-state index contributed by atoms with van der Waals surface area (Å²) in [5.41, 5.74) is 4.77. The first kappa shape index (κ1) is 20.1. The number of H-pyrrole nitrogens is 1. The van der Waals surface area contributed by atoms with E-state index in [1.165, 1.54) is 5.56 Å². The summed E-state index contributed by atoms with van der Waals surface area (Å²) < 4.78 is 0. The van der Waals surface area contributed by atoms with E-state index in [1.54, 1.807) is 11.8 Å². The van der Waals surface area contributed by atoms with Gasteiger partial charge in [-0.25, -0.2) is 0 Å². The van der Waals surface area contributed by atoms with E-state index in [0.29, 0.717) is 12.0 Å². The zero-order chi connectivity index (χ0) is 20.5. The van der Waals surface area contributed by atoms with Crippen LogP contribution in [0, 0.1) is 12.8 Å². The van der Waals surface area contributed by atoms with E-state index in [2.05, 4.69) is 56.1 Å². The zero-order valence-electron chi connectivity index (χ0n) is 17.5. The van der Waals surface area contributed by atoms with Crippen LogP contribution < -0.4 is 5.56 Å². The van der Waals surface area contributed by atoms with Crippen LogP contribution in [0.2, 0.25) is 0 Å². The average Bonchev–Trinajstić information content (AvgIpc) is 2.96. The zero-order valence-corrected chi connectivity index (χ0v) is 17.5. The van der Waals surface area contributed by atoms with Crippen molar-refractivity contribution in [1.82, 2.24) is 9.88 Å². The summed E-state index contributed by atoms with van der Waals surface area (Å²) >= 11 is 0. The van der Waals surface area contributed by atoms with E-state index >= 15 is 0 Å². The first-order valence-electron chi connectivity index (χ1n) is 9.93. The van der Waals surface area contributed by atoms with Crippen LogP contribution in [0.5, 0.6) is 0 Å². The smallest absolute Gasteiger partial charge is 0.251 e. The molecule has 4 heteroatoms. The number of carbonyl (C=O) groups excluding carboxylic acids is 1. The molecule has 1 unspecified atom stereocenters. The Hall–Kier alpha value is -2.62. The third-order valence-electron chi connectivity index (χ3n) is 5.60. The second-order valence-electron chi connectivity index (χ2n) is 8.81. The predicted molar refractivity (Wildman–Crippen MR) is 114 cm³/mol. The third kappa shape index (κ3) is 4.27. The Morgan fingerprint density at radius 1 is 1.14 bits per heavy atom. The number of hydrogen-bond acceptors (Lipinski definition) is 2. The lowest BCUT2D eigenvalue weighted by atomic mass is 9.86. The van der Waals surface area contributed by atoms with Crippen LogP contribution in [-0.2, 0) is 10.2 Å². The van der Waals surface area contributed by atoms with Crippen molar-refractivity contribution in [1.29, 1.82) is 0 Å². The highest BCUT2D eigenvalue weighted by molar-refractivity contribution is 5.82. The summed E-state index contributed by atoms with van der Waals surface area (Å²) in [7, 11) is 1.86. The number of nitrogens with one attached hydrogen (secondary N) is 1. The van der Waals surface area contributed by atoms with Gasteiger partial charge in [0.05, 0.1) is 0 Å². The summed E-state index contributed by atoms with van der Waals surface area (Å²) in [5, 5.41) is 0. The topological polar surface area (TPSA) is 53.2 Å². The monoisotopic (exact) mass is 378 g/mol. The molecule has 1 N–H and O–H groups in total. The second kappa shape index (κ2) is 7.78. The number of benzene rings is 1. The number of nitrogens with zero attached hydrogens (tertiary/aromatic N) is 1. The van der Waals surface area contributed by atoms with Gasteiger partial charge in [0.25, 0.3) is 5.56 Å². The molecule has 1 aliphatic rings. The van der Waals surface area contributed by atoms with Crippen LogP contribution in [0.25, 0.3) is 5.57 Å². The SMILES string of the molecule is Cc1ccc(/C(=C/CC2CCN(C)C2=O)c2ccc(C(C)(C)C)cc2)[nH]c1=O. The molecule has 1 atom stereocenters. The van der Waals surface area contributed by atoms with Crippen molar-refractivity contribution >= 4 is 11.5 Å². The highest BCUT2D eigenvalue weighted by atomic mass is 16.2. The summed E-state index contributed by atoms with van der Waals surface area (Å²) in [6, 6.07) is 12.3. The largest absolute Gasteiger partial charge is 0.345 e. The van der Waals surface area contributed by atoms with E-state index < -0.39 is 0 Å². The highest BCUT2D eigenvalue weighted by Gasteiger charge is 2.28. The Bertz CT molecular complexity index is 946. The molecule has 1 fully saturated rings. The maximum absolute atomic E-state index is 12.3. The Morgan fingerprint density at radius 2 is 1.82 bits per heavy atom. The molecule has 0 radical (unpaired) electrons. The van der Waals surface area contributed by atoms with Gasteiger partial charge in [0.1, 0.15) is 0 Å². The van der Waals surface area contributed by atoms with E-state index in [1.807, 2.05) is 19.2 Å². The van der Waals surface area contributed by atoms with E-state index in [4.69, 9.17) is 0 Å². The lowest BCUT2D eigenvalue weighted by molar-refractivity contribution is -0.129. The minimum atomic E-state index is -0.0774. The lowest BCUT2D eigenvalue weighted by Crippen LogP contribution is -2.22. The Kier molecular flexibility index (Phi) is 5.59. The summed E-state index contributed by atoms with van der Waals surface area (Å²) in [6.45, 7) is 9.20. The molecule has 4 nitrogen and oxygen atoms in total. The molecule has 0 saturated carbocycles. The quantitative estimate of drug-likeness (QED) is 0.863. The van der Waals surface area contributed by atoms with Crippen LogP contribution in [0.15, 0.2) is 47.3 Å². The maximum atomic E-state index is 12.3. The van der Waals surface area contributed by atoms with Gasteiger partial charge in [0.2, 0.25) is 5.91 Å². The van der Waals surface area contributed by atoms with Gasteiger partial charge in [-0.3, -0.25) is 9.59 Å². The fourth-order valence-electron chi connectivity index (χ4n) is 3.61. The molecule has 1 aromatic heterocycles. The van der Waals surface area contributed by atoms with Gasteiger partial charge in [0, 0.05) is 36.3 Å². The van der Waals surface area contributed by atoms with Crippen molar-refractivity contribution in [2.75, 3.05) is 13.6 Å². The van der Waals surface area contributed by atoms with Crippen molar-refractivity contribution in [2.24, 2.45) is 5.92 Å². The van der Waals surface area contributed by atoms with Crippen LogP contribution in [-0.4, -0.2) is 29.4 Å². The molecule has 3 rings (SSSR count). The van der Waals surface area contributed by atoms with Crippen molar-refractivity contribution in [3.63, 3.8) is 0 Å². The molecule has 148 valence electrons. The standard InChI is InChI=1S/C24H30N2O2/c1-16-6-13-21(25-22(16)27)20(12-9-18-14-15-26(5)23(18)28)17-7-10-19(11-8-17)24(2,3)4/h6-8,10-13,18H,9,14-15H2,1-5H3,(H,25,27)/b20-12+. The molecule has 0 bridgehead atoms. The van der Waals surface area contributed by atoms with Gasteiger partial charge in [0.15, 0.2) is 0 Å². The Morgan fingerprint density at radius 3 is 2.36 bits per heavy atom. The molecule has 1 aliphatic heterocycles. The van der Waals surface area contributed by atoms with Crippen LogP contribution in [0.3, 0.4) is 0 Å². The minimum absolute atomic E-state index is 0.0195. The lowest BCUT2D eigenvalue weighted by Gasteiger charge is -2.19. The number of aromatic nitrogens is 1. The molecule has 0 aliphatic carbocycles. The number of likely N-dealkylation sites (tertiary alicyclic amines) is 1. The van der Waals surface area contributed by atoms with Gasteiger partial charge in [-0.05, 0) is 42.4 Å². The minimum Gasteiger partial charge on any atom is -0.345 e. The van der Waals surface area contributed by atoms with Crippen molar-refractivity contribution in [3.8, 4) is 0 Å². The number of amides is 1. The van der Waals surface area contributed by atoms with Gasteiger partial charge in [-0.15, -0.1) is 0 Å². The number of pyridine rings is 1. The van der Waals surface area contributed by atoms with Crippen molar-refractivity contribution < 1.29 is 4.79 Å². The molecule has 1 saturated heterocycles. The number of rotatable bonds is 4. The second-order valence-corrected chi connectivity index (χ2v) is 8.81. The Balaban J connectivity index is 1.99. The van der Waals surface area contributed by atoms with Gasteiger partial charge < -0.3 is 9.88 Å². The number of allylic oxidation sites excluding steroid dienone is 1. The molecule has 0 spiro atoms. The number of hydrogen-bond donors (Lipinski definition) is 1. The normalized spacial score (nSPS) is 18.0. The Labute approximate surface area is 167 Å². The molecule has 28 heavy (non-hydrogen) atoms. The molecular formula is C24H30N2O2. The average molecular weight is 379 g/mol. The maximum Gasteiger partial charge on any atom is 0.251 e. The van der Waals surface area contributed by atoms with E-state index in [9.17, 15) is 9.59 Å². The van der Waals surface area contributed by atoms with Gasteiger partial charge in [-0.2, -0.15) is 0 Å². The number of carbonyl (C=O) groups is 1. The van der Waals surface area contributed by atoms with Crippen LogP contribution in [0.1, 0.15) is 56.0 Å². The van der Waals surface area contributed by atoms with E-state index in [0.717, 1.165) is 29.8 Å². The predicted octanol–water partition coefficient (Wildman–Crippen LogP) is 4.28. The van der Waals surface area contributed by atoms with Crippen molar-refractivity contribution in [2.45, 2.75) is 46.0 Å². The van der Waals surface area contributed by atoms with Crippen molar-refractivity contribution in [3.05, 3.63) is 75.2 Å². The van der Waals surface area contributed by atoms with E-state index in [-0.39, 0.29) is 22.8 Å². The first-order chi connectivity index (χ1) is 13.2. The molecular weight excluding hydrogens is 348 g/mol. The highest BCUT2D eigenvalue weighted by Crippen LogP contribution is 2.29. The fourth-order valence-corrected chi connectivity index (χ4v) is 3.61.